The molecule has 0 spiro atoms. The largest absolute Gasteiger partial charge is 0.373 e. The summed E-state index contributed by atoms with van der Waals surface area (Å²) in [5.74, 6) is 0. The van der Waals surface area contributed by atoms with E-state index in [1.54, 1.807) is 0 Å². The summed E-state index contributed by atoms with van der Waals surface area (Å²) >= 11 is 0. The third kappa shape index (κ3) is 1.40. The Morgan fingerprint density at radius 3 is 3.00 bits per heavy atom. The lowest BCUT2D eigenvalue weighted by atomic mass is 10.1. The van der Waals surface area contributed by atoms with Crippen LogP contribution in [-0.2, 0) is 4.74 Å². The molecule has 0 radical (unpaired) electrons. The number of fused-ring (bicyclic) bond motifs is 1. The molecule has 0 amide bonds. The van der Waals surface area contributed by atoms with Gasteiger partial charge in [0.2, 0.25) is 0 Å². The Bertz CT molecular complexity index is 328. The van der Waals surface area contributed by atoms with E-state index in [4.69, 9.17) is 4.74 Å². The maximum atomic E-state index is 5.64. The van der Waals surface area contributed by atoms with Gasteiger partial charge in [-0.25, -0.2) is 0 Å². The van der Waals surface area contributed by atoms with Crippen LogP contribution < -0.4 is 0 Å². The van der Waals surface area contributed by atoms with Gasteiger partial charge in [-0.1, -0.05) is 30.8 Å². The normalized spacial score (nSPS) is 20.4. The van der Waals surface area contributed by atoms with Crippen molar-refractivity contribution in [3.05, 3.63) is 42.0 Å². The first-order valence-electron chi connectivity index (χ1n) is 4.71. The predicted molar refractivity (Wildman–Crippen MR) is 54.5 cm³/mol. The first kappa shape index (κ1) is 8.52. The molecular weight excluding hydrogens is 160 g/mol. The molecule has 1 unspecified atom stereocenters. The van der Waals surface area contributed by atoms with Gasteiger partial charge in [0.1, 0.15) is 0 Å². The van der Waals surface area contributed by atoms with E-state index >= 15 is 0 Å². The third-order valence-corrected chi connectivity index (χ3v) is 2.49. The minimum Gasteiger partial charge on any atom is -0.373 e. The van der Waals surface area contributed by atoms with Gasteiger partial charge in [0.15, 0.2) is 0 Å². The fraction of sp³-hybridized carbons (Fsp3) is 0.333. The smallest absolute Gasteiger partial charge is 0.0870 e. The van der Waals surface area contributed by atoms with Crippen molar-refractivity contribution in [2.75, 3.05) is 6.61 Å². The second-order valence-electron chi connectivity index (χ2n) is 3.34. The van der Waals surface area contributed by atoms with Gasteiger partial charge < -0.3 is 4.74 Å². The maximum Gasteiger partial charge on any atom is 0.0870 e. The van der Waals surface area contributed by atoms with Crippen LogP contribution in [0.3, 0.4) is 0 Å². The molecule has 1 heteroatoms. The SMILES string of the molecule is C=C1CC(OCC)c2ccccc21. The lowest BCUT2D eigenvalue weighted by Gasteiger charge is -2.10. The number of rotatable bonds is 2. The minimum atomic E-state index is 0.244. The standard InChI is InChI=1S/C12H14O/c1-3-13-12-8-9(2)10-6-4-5-7-11(10)12/h4-7,12H,2-3,8H2,1H3. The molecule has 0 aliphatic heterocycles. The van der Waals surface area contributed by atoms with Gasteiger partial charge in [0.25, 0.3) is 0 Å². The Balaban J connectivity index is 2.36. The summed E-state index contributed by atoms with van der Waals surface area (Å²) < 4.78 is 5.64. The Morgan fingerprint density at radius 1 is 1.46 bits per heavy atom. The predicted octanol–water partition coefficient (Wildman–Crippen LogP) is 3.18. The van der Waals surface area contributed by atoms with Crippen LogP contribution in [0.2, 0.25) is 0 Å². The van der Waals surface area contributed by atoms with Crippen molar-refractivity contribution in [3.8, 4) is 0 Å². The zero-order valence-corrected chi connectivity index (χ0v) is 7.92. The van der Waals surface area contributed by atoms with E-state index in [2.05, 4.69) is 30.8 Å². The van der Waals surface area contributed by atoms with Crippen LogP contribution in [0.1, 0.15) is 30.6 Å². The highest BCUT2D eigenvalue weighted by Crippen LogP contribution is 2.40. The summed E-state index contributed by atoms with van der Waals surface area (Å²) in [7, 11) is 0. The Morgan fingerprint density at radius 2 is 2.23 bits per heavy atom. The Hall–Kier alpha value is -1.08. The number of hydrogen-bond donors (Lipinski definition) is 0. The second-order valence-corrected chi connectivity index (χ2v) is 3.34. The maximum absolute atomic E-state index is 5.64. The van der Waals surface area contributed by atoms with Crippen LogP contribution in [0.4, 0.5) is 0 Å². The van der Waals surface area contributed by atoms with Gasteiger partial charge in [0, 0.05) is 13.0 Å². The van der Waals surface area contributed by atoms with Crippen molar-refractivity contribution in [2.45, 2.75) is 19.4 Å². The summed E-state index contributed by atoms with van der Waals surface area (Å²) in [6.07, 6.45) is 1.20. The van der Waals surface area contributed by atoms with Gasteiger partial charge in [-0.15, -0.1) is 0 Å². The van der Waals surface area contributed by atoms with Gasteiger partial charge in [0.05, 0.1) is 6.10 Å². The van der Waals surface area contributed by atoms with E-state index in [-0.39, 0.29) is 6.10 Å². The molecule has 2 rings (SSSR count). The first-order chi connectivity index (χ1) is 6.33. The van der Waals surface area contributed by atoms with Gasteiger partial charge >= 0.3 is 0 Å². The molecular formula is C12H14O. The molecule has 0 aromatic heterocycles. The van der Waals surface area contributed by atoms with Crippen molar-refractivity contribution in [1.82, 2.24) is 0 Å². The highest BCUT2D eigenvalue weighted by molar-refractivity contribution is 5.71. The molecule has 1 atom stereocenters. The van der Waals surface area contributed by atoms with E-state index in [0.717, 1.165) is 13.0 Å². The van der Waals surface area contributed by atoms with E-state index in [1.165, 1.54) is 16.7 Å². The molecule has 1 aliphatic carbocycles. The van der Waals surface area contributed by atoms with Crippen LogP contribution in [0.25, 0.3) is 5.57 Å². The molecule has 1 aromatic rings. The number of hydrogen-bond acceptors (Lipinski definition) is 1. The Labute approximate surface area is 79.0 Å². The van der Waals surface area contributed by atoms with Gasteiger partial charge in [-0.2, -0.15) is 0 Å². The van der Waals surface area contributed by atoms with Crippen LogP contribution in [0.5, 0.6) is 0 Å². The summed E-state index contributed by atoms with van der Waals surface area (Å²) in [4.78, 5) is 0. The molecule has 0 N–H and O–H groups in total. The molecule has 0 saturated heterocycles. The molecule has 0 fully saturated rings. The van der Waals surface area contributed by atoms with Crippen molar-refractivity contribution >= 4 is 5.57 Å². The Kier molecular flexibility index (Phi) is 2.19. The molecule has 68 valence electrons. The van der Waals surface area contributed by atoms with Crippen LogP contribution in [0.15, 0.2) is 30.8 Å². The highest BCUT2D eigenvalue weighted by Gasteiger charge is 2.24. The summed E-state index contributed by atoms with van der Waals surface area (Å²) in [5.41, 5.74) is 3.78. The molecule has 0 heterocycles. The van der Waals surface area contributed by atoms with Crippen molar-refractivity contribution < 1.29 is 4.74 Å². The quantitative estimate of drug-likeness (QED) is 0.669. The second kappa shape index (κ2) is 3.35. The highest BCUT2D eigenvalue weighted by atomic mass is 16.5. The molecule has 0 bridgehead atoms. The third-order valence-electron chi connectivity index (χ3n) is 2.49. The average Bonchev–Trinajstić information content (AvgIpc) is 2.46. The lowest BCUT2D eigenvalue weighted by molar-refractivity contribution is 0.0703. The molecule has 1 aliphatic rings. The molecule has 0 saturated carbocycles. The van der Waals surface area contributed by atoms with E-state index < -0.39 is 0 Å². The fourth-order valence-electron chi connectivity index (χ4n) is 1.89. The van der Waals surface area contributed by atoms with Crippen molar-refractivity contribution in [2.24, 2.45) is 0 Å². The molecule has 1 nitrogen and oxygen atoms in total. The lowest BCUT2D eigenvalue weighted by Crippen LogP contribution is -1.98. The van der Waals surface area contributed by atoms with Crippen molar-refractivity contribution in [3.63, 3.8) is 0 Å². The minimum absolute atomic E-state index is 0.244. The average molecular weight is 174 g/mol. The summed E-state index contributed by atoms with van der Waals surface area (Å²) in [6, 6.07) is 8.37. The zero-order chi connectivity index (χ0) is 9.26. The molecule has 1 aromatic carbocycles. The van der Waals surface area contributed by atoms with Crippen molar-refractivity contribution in [1.29, 1.82) is 0 Å². The fourth-order valence-corrected chi connectivity index (χ4v) is 1.89. The van der Waals surface area contributed by atoms with Crippen LogP contribution in [0, 0.1) is 0 Å². The van der Waals surface area contributed by atoms with E-state index in [0.29, 0.717) is 0 Å². The molecule has 13 heavy (non-hydrogen) atoms. The number of ether oxygens (including phenoxy) is 1. The van der Waals surface area contributed by atoms with Crippen LogP contribution >= 0.6 is 0 Å². The first-order valence-corrected chi connectivity index (χ1v) is 4.71. The monoisotopic (exact) mass is 174 g/mol. The van der Waals surface area contributed by atoms with Gasteiger partial charge in [-0.05, 0) is 23.6 Å². The summed E-state index contributed by atoms with van der Waals surface area (Å²) in [6.45, 7) is 6.85. The van der Waals surface area contributed by atoms with Crippen LogP contribution in [-0.4, -0.2) is 6.61 Å². The van der Waals surface area contributed by atoms with E-state index in [1.807, 2.05) is 6.92 Å². The van der Waals surface area contributed by atoms with Gasteiger partial charge in [-0.3, -0.25) is 0 Å². The number of benzene rings is 1. The van der Waals surface area contributed by atoms with E-state index in [9.17, 15) is 0 Å². The summed E-state index contributed by atoms with van der Waals surface area (Å²) in [5, 5.41) is 0. The zero-order valence-electron chi connectivity index (χ0n) is 7.92. The topological polar surface area (TPSA) is 9.23 Å².